The molecule has 0 aliphatic carbocycles. The molecule has 1 aliphatic heterocycles. The van der Waals surface area contributed by atoms with E-state index in [-0.39, 0.29) is 36.6 Å². The predicted octanol–water partition coefficient (Wildman–Crippen LogP) is 3.69. The van der Waals surface area contributed by atoms with Crippen LogP contribution in [0.25, 0.3) is 0 Å². The van der Waals surface area contributed by atoms with Gasteiger partial charge in [0.15, 0.2) is 0 Å². The van der Waals surface area contributed by atoms with Crippen molar-refractivity contribution in [3.05, 3.63) is 101 Å². The summed E-state index contributed by atoms with van der Waals surface area (Å²) < 4.78 is 47.4. The van der Waals surface area contributed by atoms with Crippen LogP contribution in [0.15, 0.2) is 83.8 Å². The van der Waals surface area contributed by atoms with Gasteiger partial charge in [0, 0.05) is 26.2 Å². The van der Waals surface area contributed by atoms with Crippen LogP contribution < -0.4 is 0 Å². The van der Waals surface area contributed by atoms with Gasteiger partial charge in [0.2, 0.25) is 10.0 Å². The molecule has 172 valence electrons. The number of carbonyl (C=O) groups is 1. The Balaban J connectivity index is 1.67. The SMILES string of the molecule is O=C(c1cc(S(=O)(=O)N2CCOCC2)ccc1F)N(Cc1ccccc1)Cc1ccccc1. The molecule has 33 heavy (non-hydrogen) atoms. The molecule has 0 N–H and O–H groups in total. The van der Waals surface area contributed by atoms with Gasteiger partial charge in [-0.1, -0.05) is 60.7 Å². The van der Waals surface area contributed by atoms with E-state index < -0.39 is 21.7 Å². The molecule has 3 aromatic carbocycles. The lowest BCUT2D eigenvalue weighted by Gasteiger charge is -2.27. The van der Waals surface area contributed by atoms with Crippen molar-refractivity contribution in [1.29, 1.82) is 0 Å². The summed E-state index contributed by atoms with van der Waals surface area (Å²) in [5.41, 5.74) is 1.51. The molecule has 0 spiro atoms. The van der Waals surface area contributed by atoms with Crippen molar-refractivity contribution in [3.8, 4) is 0 Å². The first-order chi connectivity index (χ1) is 15.9. The number of nitrogens with zero attached hydrogens (tertiary/aromatic N) is 2. The van der Waals surface area contributed by atoms with Crippen molar-refractivity contribution in [2.24, 2.45) is 0 Å². The maximum Gasteiger partial charge on any atom is 0.257 e. The zero-order chi connectivity index (χ0) is 23.3. The second kappa shape index (κ2) is 10.2. The molecule has 0 saturated carbocycles. The number of hydrogen-bond donors (Lipinski definition) is 0. The summed E-state index contributed by atoms with van der Waals surface area (Å²) in [6, 6.07) is 22.2. The van der Waals surface area contributed by atoms with Crippen LogP contribution in [0.2, 0.25) is 0 Å². The van der Waals surface area contributed by atoms with E-state index in [1.54, 1.807) is 0 Å². The monoisotopic (exact) mass is 468 g/mol. The zero-order valence-corrected chi connectivity index (χ0v) is 18.9. The minimum absolute atomic E-state index is 0.103. The lowest BCUT2D eigenvalue weighted by molar-refractivity contribution is 0.0722. The predicted molar refractivity (Wildman–Crippen MR) is 122 cm³/mol. The molecule has 1 amide bonds. The number of morpholine rings is 1. The van der Waals surface area contributed by atoms with Gasteiger partial charge in [-0.2, -0.15) is 4.31 Å². The summed E-state index contributed by atoms with van der Waals surface area (Å²) in [5, 5.41) is 0. The minimum Gasteiger partial charge on any atom is -0.379 e. The fourth-order valence-electron chi connectivity index (χ4n) is 3.74. The number of carbonyl (C=O) groups excluding carboxylic acids is 1. The minimum atomic E-state index is -3.86. The Kier molecular flexibility index (Phi) is 7.17. The molecule has 1 aliphatic rings. The number of rotatable bonds is 7. The van der Waals surface area contributed by atoms with Crippen molar-refractivity contribution in [2.45, 2.75) is 18.0 Å². The lowest BCUT2D eigenvalue weighted by atomic mass is 10.1. The highest BCUT2D eigenvalue weighted by atomic mass is 32.2. The largest absolute Gasteiger partial charge is 0.379 e. The summed E-state index contributed by atoms with van der Waals surface area (Å²) in [6.07, 6.45) is 0. The van der Waals surface area contributed by atoms with E-state index in [0.29, 0.717) is 13.2 Å². The molecular formula is C25H25FN2O4S. The summed E-state index contributed by atoms with van der Waals surface area (Å²) in [5.74, 6) is -1.33. The molecule has 0 aromatic heterocycles. The van der Waals surface area contributed by atoms with Gasteiger partial charge in [-0.25, -0.2) is 12.8 Å². The van der Waals surface area contributed by atoms with Crippen molar-refractivity contribution in [3.63, 3.8) is 0 Å². The van der Waals surface area contributed by atoms with E-state index in [9.17, 15) is 17.6 Å². The highest BCUT2D eigenvalue weighted by Gasteiger charge is 2.29. The van der Waals surface area contributed by atoms with Gasteiger partial charge in [-0.3, -0.25) is 4.79 Å². The van der Waals surface area contributed by atoms with Crippen molar-refractivity contribution >= 4 is 15.9 Å². The van der Waals surface area contributed by atoms with Gasteiger partial charge in [0.05, 0.1) is 23.7 Å². The van der Waals surface area contributed by atoms with E-state index in [0.717, 1.165) is 23.3 Å². The van der Waals surface area contributed by atoms with Gasteiger partial charge < -0.3 is 9.64 Å². The third-order valence-electron chi connectivity index (χ3n) is 5.50. The van der Waals surface area contributed by atoms with Gasteiger partial charge >= 0.3 is 0 Å². The van der Waals surface area contributed by atoms with E-state index in [1.807, 2.05) is 60.7 Å². The van der Waals surface area contributed by atoms with Crippen LogP contribution >= 0.6 is 0 Å². The van der Waals surface area contributed by atoms with E-state index in [1.165, 1.54) is 15.3 Å². The number of sulfonamides is 1. The standard InChI is InChI=1S/C25H25FN2O4S/c26-24-12-11-22(33(30,31)28-13-15-32-16-14-28)17-23(24)25(29)27(18-20-7-3-1-4-8-20)19-21-9-5-2-6-10-21/h1-12,17H,13-16,18-19H2. The number of amides is 1. The Morgan fingerprint density at radius 1 is 0.879 bits per heavy atom. The first-order valence-electron chi connectivity index (χ1n) is 10.7. The quantitative estimate of drug-likeness (QED) is 0.531. The van der Waals surface area contributed by atoms with Crippen molar-refractivity contribution in [1.82, 2.24) is 9.21 Å². The normalized spacial score (nSPS) is 14.7. The highest BCUT2D eigenvalue weighted by molar-refractivity contribution is 7.89. The Morgan fingerprint density at radius 2 is 1.42 bits per heavy atom. The number of ether oxygens (including phenoxy) is 1. The van der Waals surface area contributed by atoms with Gasteiger partial charge in [0.25, 0.3) is 5.91 Å². The third-order valence-corrected chi connectivity index (χ3v) is 7.39. The van der Waals surface area contributed by atoms with E-state index >= 15 is 0 Å². The Morgan fingerprint density at radius 3 is 1.97 bits per heavy atom. The first kappa shape index (κ1) is 23.1. The molecule has 0 radical (unpaired) electrons. The summed E-state index contributed by atoms with van der Waals surface area (Å²) in [6.45, 7) is 1.55. The lowest BCUT2D eigenvalue weighted by Crippen LogP contribution is -2.40. The number of halogens is 1. The van der Waals surface area contributed by atoms with Gasteiger partial charge in [-0.15, -0.1) is 0 Å². The maximum absolute atomic E-state index is 14.8. The summed E-state index contributed by atoms with van der Waals surface area (Å²) in [4.78, 5) is 14.9. The molecular weight excluding hydrogens is 443 g/mol. The zero-order valence-electron chi connectivity index (χ0n) is 18.1. The molecule has 0 bridgehead atoms. The van der Waals surface area contributed by atoms with E-state index in [4.69, 9.17) is 4.74 Å². The van der Waals surface area contributed by atoms with Crippen LogP contribution in [0.4, 0.5) is 4.39 Å². The van der Waals surface area contributed by atoms with Gasteiger partial charge in [-0.05, 0) is 29.3 Å². The van der Waals surface area contributed by atoms with Crippen molar-refractivity contribution < 1.29 is 22.3 Å². The van der Waals surface area contributed by atoms with Crippen LogP contribution in [0.1, 0.15) is 21.5 Å². The number of benzene rings is 3. The third kappa shape index (κ3) is 5.47. The van der Waals surface area contributed by atoms with Crippen LogP contribution in [0.5, 0.6) is 0 Å². The molecule has 1 saturated heterocycles. The second-order valence-corrected chi connectivity index (χ2v) is 9.73. The molecule has 1 fully saturated rings. The Hall–Kier alpha value is -3.07. The van der Waals surface area contributed by atoms with Crippen LogP contribution in [-0.4, -0.2) is 49.8 Å². The van der Waals surface area contributed by atoms with Crippen LogP contribution in [-0.2, 0) is 27.8 Å². The average Bonchev–Trinajstić information content (AvgIpc) is 2.85. The van der Waals surface area contributed by atoms with Crippen LogP contribution in [0, 0.1) is 5.82 Å². The van der Waals surface area contributed by atoms with E-state index in [2.05, 4.69) is 0 Å². The molecule has 0 unspecified atom stereocenters. The average molecular weight is 469 g/mol. The Labute approximate surface area is 193 Å². The summed E-state index contributed by atoms with van der Waals surface area (Å²) in [7, 11) is -3.86. The molecule has 1 heterocycles. The molecule has 3 aromatic rings. The summed E-state index contributed by atoms with van der Waals surface area (Å²) >= 11 is 0. The highest BCUT2D eigenvalue weighted by Crippen LogP contribution is 2.23. The molecule has 8 heteroatoms. The van der Waals surface area contributed by atoms with Crippen molar-refractivity contribution in [2.75, 3.05) is 26.3 Å². The topological polar surface area (TPSA) is 66.9 Å². The molecule has 6 nitrogen and oxygen atoms in total. The second-order valence-electron chi connectivity index (χ2n) is 7.79. The number of hydrogen-bond acceptors (Lipinski definition) is 4. The first-order valence-corrected chi connectivity index (χ1v) is 12.1. The smallest absolute Gasteiger partial charge is 0.257 e. The molecule has 4 rings (SSSR count). The molecule has 0 atom stereocenters. The van der Waals surface area contributed by atoms with Crippen LogP contribution in [0.3, 0.4) is 0 Å². The fourth-order valence-corrected chi connectivity index (χ4v) is 5.18. The Bertz CT molecular complexity index is 1160. The van der Waals surface area contributed by atoms with Gasteiger partial charge in [0.1, 0.15) is 5.82 Å². The maximum atomic E-state index is 14.8. The fraction of sp³-hybridized carbons (Fsp3) is 0.240.